The minimum atomic E-state index is -1.09. The Hall–Kier alpha value is -4.12. The van der Waals surface area contributed by atoms with Gasteiger partial charge in [-0.1, -0.05) is 31.3 Å². The molecule has 10 nitrogen and oxygen atoms in total. The maximum Gasteiger partial charge on any atom is 0.350 e. The standard InChI is InChI=1S/C29H32N2O8S/c1-7-37-21-14-18(9-11-19(21)38-13-12-15(2)3)23-22(24(32)20-10-8-16(4)39-20)25(33)27(34)31(23)29-30-17(5)26(40-29)28(35)36-6/h8-11,14-15,23,33H,7,12-13H2,1-6H3. The Balaban J connectivity index is 1.84. The van der Waals surface area contributed by atoms with E-state index >= 15 is 0 Å². The van der Waals surface area contributed by atoms with Crippen LogP contribution in [0.5, 0.6) is 11.5 Å². The van der Waals surface area contributed by atoms with Crippen molar-refractivity contribution >= 4 is 34.1 Å². The van der Waals surface area contributed by atoms with Gasteiger partial charge in [-0.25, -0.2) is 9.78 Å². The molecule has 1 aliphatic heterocycles. The Kier molecular flexibility index (Phi) is 8.63. The van der Waals surface area contributed by atoms with Crippen LogP contribution in [0, 0.1) is 19.8 Å². The molecule has 0 saturated carbocycles. The third-order valence-electron chi connectivity index (χ3n) is 6.32. The van der Waals surface area contributed by atoms with Crippen LogP contribution in [-0.4, -0.2) is 48.1 Å². The number of Topliss-reactive ketones (excluding diaryl/α,β-unsaturated/α-hetero) is 1. The highest BCUT2D eigenvalue weighted by molar-refractivity contribution is 7.17. The molecule has 0 fully saturated rings. The second-order valence-electron chi connectivity index (χ2n) is 9.65. The average Bonchev–Trinajstić information content (AvgIpc) is 3.59. The van der Waals surface area contributed by atoms with Crippen molar-refractivity contribution in [3.05, 3.63) is 69.3 Å². The Morgan fingerprint density at radius 2 is 1.90 bits per heavy atom. The monoisotopic (exact) mass is 568 g/mol. The van der Waals surface area contributed by atoms with Crippen LogP contribution >= 0.6 is 11.3 Å². The fourth-order valence-electron chi connectivity index (χ4n) is 4.29. The minimum absolute atomic E-state index is 0.0251. The van der Waals surface area contributed by atoms with E-state index in [1.54, 1.807) is 38.1 Å². The fourth-order valence-corrected chi connectivity index (χ4v) is 5.31. The van der Waals surface area contributed by atoms with Crippen molar-refractivity contribution in [2.45, 2.75) is 47.1 Å². The zero-order valence-corrected chi connectivity index (χ0v) is 24.1. The summed E-state index contributed by atoms with van der Waals surface area (Å²) in [5.74, 6) is -0.950. The van der Waals surface area contributed by atoms with E-state index in [9.17, 15) is 19.5 Å². The van der Waals surface area contributed by atoms with Gasteiger partial charge in [-0.3, -0.25) is 14.5 Å². The molecule has 0 radical (unpaired) electrons. The smallest absolute Gasteiger partial charge is 0.350 e. The molecule has 0 aliphatic carbocycles. The normalized spacial score (nSPS) is 15.2. The molecule has 11 heteroatoms. The molecule has 0 bridgehead atoms. The molecule has 0 saturated heterocycles. The summed E-state index contributed by atoms with van der Waals surface area (Å²) in [4.78, 5) is 45.3. The molecule has 1 aromatic carbocycles. The summed E-state index contributed by atoms with van der Waals surface area (Å²) in [6.45, 7) is 10.2. The van der Waals surface area contributed by atoms with E-state index < -0.39 is 29.5 Å². The summed E-state index contributed by atoms with van der Waals surface area (Å²) >= 11 is 0.930. The van der Waals surface area contributed by atoms with Crippen molar-refractivity contribution in [1.29, 1.82) is 0 Å². The van der Waals surface area contributed by atoms with Crippen molar-refractivity contribution in [1.82, 2.24) is 4.98 Å². The lowest BCUT2D eigenvalue weighted by molar-refractivity contribution is -0.117. The second-order valence-corrected chi connectivity index (χ2v) is 10.6. The van der Waals surface area contributed by atoms with E-state index in [0.717, 1.165) is 17.8 Å². The van der Waals surface area contributed by atoms with Crippen LogP contribution in [0.25, 0.3) is 0 Å². The summed E-state index contributed by atoms with van der Waals surface area (Å²) in [5.41, 5.74) is 0.641. The largest absolute Gasteiger partial charge is 0.503 e. The predicted molar refractivity (Wildman–Crippen MR) is 148 cm³/mol. The Bertz CT molecular complexity index is 1470. The average molecular weight is 569 g/mol. The molecule has 3 aromatic rings. The maximum absolute atomic E-state index is 13.6. The SMILES string of the molecule is CCOc1cc(C2C(C(=O)c3ccc(C)o3)=C(O)C(=O)N2c2nc(C)c(C(=O)OC)s2)ccc1OCCC(C)C. The first kappa shape index (κ1) is 28.9. The molecule has 3 heterocycles. The molecule has 4 rings (SSSR count). The van der Waals surface area contributed by atoms with Crippen LogP contribution in [0.2, 0.25) is 0 Å². The Labute approximate surface area is 236 Å². The third-order valence-corrected chi connectivity index (χ3v) is 7.45. The predicted octanol–water partition coefficient (Wildman–Crippen LogP) is 5.75. The summed E-state index contributed by atoms with van der Waals surface area (Å²) in [6.07, 6.45) is 0.849. The molecule has 0 spiro atoms. The van der Waals surface area contributed by atoms with E-state index in [-0.39, 0.29) is 21.3 Å². The fraction of sp³-hybridized carbons (Fsp3) is 0.379. The van der Waals surface area contributed by atoms with E-state index in [1.165, 1.54) is 18.1 Å². The van der Waals surface area contributed by atoms with Crippen molar-refractivity contribution < 1.29 is 38.1 Å². The Morgan fingerprint density at radius 3 is 2.52 bits per heavy atom. The zero-order chi connectivity index (χ0) is 29.1. The maximum atomic E-state index is 13.6. The molecule has 40 heavy (non-hydrogen) atoms. The molecule has 212 valence electrons. The van der Waals surface area contributed by atoms with Crippen LogP contribution in [0.15, 0.2) is 46.1 Å². The van der Waals surface area contributed by atoms with Gasteiger partial charge in [0.1, 0.15) is 10.6 Å². The van der Waals surface area contributed by atoms with Gasteiger partial charge >= 0.3 is 5.97 Å². The number of carbonyl (C=O) groups is 3. The number of aromatic nitrogens is 1. The van der Waals surface area contributed by atoms with Crippen molar-refractivity contribution in [3.63, 3.8) is 0 Å². The molecule has 1 amide bonds. The van der Waals surface area contributed by atoms with E-state index in [4.69, 9.17) is 18.6 Å². The summed E-state index contributed by atoms with van der Waals surface area (Å²) in [7, 11) is 1.25. The number of nitrogens with zero attached hydrogens (tertiary/aromatic N) is 2. The summed E-state index contributed by atoms with van der Waals surface area (Å²) < 4.78 is 22.2. The van der Waals surface area contributed by atoms with Crippen LogP contribution < -0.4 is 14.4 Å². The lowest BCUT2D eigenvalue weighted by Gasteiger charge is -2.25. The minimum Gasteiger partial charge on any atom is -0.503 e. The number of hydrogen-bond donors (Lipinski definition) is 1. The molecule has 1 atom stereocenters. The number of esters is 1. The first-order chi connectivity index (χ1) is 19.1. The number of furan rings is 1. The lowest BCUT2D eigenvalue weighted by atomic mass is 9.95. The number of aliphatic hydroxyl groups is 1. The summed E-state index contributed by atoms with van der Waals surface area (Å²) in [6, 6.07) is 7.12. The number of ether oxygens (including phenoxy) is 3. The number of hydrogen-bond acceptors (Lipinski definition) is 10. The first-order valence-corrected chi connectivity index (χ1v) is 13.7. The van der Waals surface area contributed by atoms with Gasteiger partial charge in [0.05, 0.1) is 37.6 Å². The highest BCUT2D eigenvalue weighted by Gasteiger charge is 2.47. The number of aryl methyl sites for hydroxylation is 2. The lowest BCUT2D eigenvalue weighted by Crippen LogP contribution is -2.31. The number of amides is 1. The number of carbonyl (C=O) groups excluding carboxylic acids is 3. The zero-order valence-electron chi connectivity index (χ0n) is 23.3. The van der Waals surface area contributed by atoms with Crippen molar-refractivity contribution in [3.8, 4) is 11.5 Å². The van der Waals surface area contributed by atoms with Gasteiger partial charge < -0.3 is 23.7 Å². The number of aliphatic hydroxyl groups excluding tert-OH is 1. The molecule has 2 aromatic heterocycles. The number of anilines is 1. The van der Waals surface area contributed by atoms with Gasteiger partial charge in [0.25, 0.3) is 5.91 Å². The number of benzene rings is 1. The number of rotatable bonds is 11. The van der Waals surface area contributed by atoms with Crippen LogP contribution in [0.1, 0.15) is 70.5 Å². The van der Waals surface area contributed by atoms with Crippen molar-refractivity contribution in [2.24, 2.45) is 5.92 Å². The molecule has 1 N–H and O–H groups in total. The van der Waals surface area contributed by atoms with Gasteiger partial charge in [0.2, 0.25) is 5.78 Å². The molecule has 1 unspecified atom stereocenters. The van der Waals surface area contributed by atoms with Gasteiger partial charge in [-0.15, -0.1) is 0 Å². The van der Waals surface area contributed by atoms with E-state index in [1.807, 2.05) is 6.92 Å². The molecular formula is C29H32N2O8S. The van der Waals surface area contributed by atoms with E-state index in [0.29, 0.717) is 47.6 Å². The highest BCUT2D eigenvalue weighted by atomic mass is 32.1. The first-order valence-electron chi connectivity index (χ1n) is 12.9. The topological polar surface area (TPSA) is 128 Å². The third kappa shape index (κ3) is 5.60. The van der Waals surface area contributed by atoms with Gasteiger partial charge in [-0.05, 0) is 62.9 Å². The molecular weight excluding hydrogens is 536 g/mol. The second kappa shape index (κ2) is 12.0. The Morgan fingerprint density at radius 1 is 1.15 bits per heavy atom. The molecule has 1 aliphatic rings. The number of ketones is 1. The van der Waals surface area contributed by atoms with Crippen molar-refractivity contribution in [2.75, 3.05) is 25.2 Å². The summed E-state index contributed by atoms with van der Waals surface area (Å²) in [5, 5.41) is 11.2. The highest BCUT2D eigenvalue weighted by Crippen LogP contribution is 2.45. The van der Waals surface area contributed by atoms with Crippen LogP contribution in [0.4, 0.5) is 5.13 Å². The van der Waals surface area contributed by atoms with Crippen LogP contribution in [-0.2, 0) is 9.53 Å². The van der Waals surface area contributed by atoms with Gasteiger partial charge in [0.15, 0.2) is 28.1 Å². The van der Waals surface area contributed by atoms with Crippen LogP contribution in [0.3, 0.4) is 0 Å². The number of thiazole rings is 1. The number of methoxy groups -OCH3 is 1. The van der Waals surface area contributed by atoms with E-state index in [2.05, 4.69) is 18.8 Å². The van der Waals surface area contributed by atoms with Gasteiger partial charge in [-0.2, -0.15) is 0 Å². The quantitative estimate of drug-likeness (QED) is 0.227. The van der Waals surface area contributed by atoms with Gasteiger partial charge in [0, 0.05) is 0 Å².